The van der Waals surface area contributed by atoms with Crippen molar-refractivity contribution in [3.63, 3.8) is 0 Å². The third-order valence-corrected chi connectivity index (χ3v) is 3.88. The highest BCUT2D eigenvalue weighted by Crippen LogP contribution is 2.28. The third-order valence-electron chi connectivity index (χ3n) is 3.62. The summed E-state index contributed by atoms with van der Waals surface area (Å²) in [4.78, 5) is 11.4. The maximum Gasteiger partial charge on any atom is 0.161 e. The van der Waals surface area contributed by atoms with E-state index in [1.165, 1.54) is 14.0 Å². The second kappa shape index (κ2) is 9.42. The van der Waals surface area contributed by atoms with Crippen molar-refractivity contribution in [2.24, 2.45) is 0 Å². The van der Waals surface area contributed by atoms with Gasteiger partial charge in [0.05, 0.1) is 7.11 Å². The van der Waals surface area contributed by atoms with Crippen LogP contribution in [0.3, 0.4) is 0 Å². The molecular formula is C19H22ClNO4. The van der Waals surface area contributed by atoms with Crippen LogP contribution in [0.1, 0.15) is 22.8 Å². The van der Waals surface area contributed by atoms with E-state index in [1.807, 2.05) is 24.3 Å². The maximum absolute atomic E-state index is 11.4. The molecule has 2 rings (SSSR count). The molecule has 0 aromatic heterocycles. The van der Waals surface area contributed by atoms with E-state index in [1.54, 1.807) is 18.2 Å². The zero-order chi connectivity index (χ0) is 18.2. The van der Waals surface area contributed by atoms with Gasteiger partial charge >= 0.3 is 0 Å². The molecule has 0 spiro atoms. The van der Waals surface area contributed by atoms with Gasteiger partial charge in [0.15, 0.2) is 17.3 Å². The number of carbonyl (C=O) groups is 1. The summed E-state index contributed by atoms with van der Waals surface area (Å²) in [6, 6.07) is 12.5. The minimum absolute atomic E-state index is 0.0451. The van der Waals surface area contributed by atoms with Crippen molar-refractivity contribution in [2.75, 3.05) is 20.3 Å². The Kier molecular flexibility index (Phi) is 7.25. The van der Waals surface area contributed by atoms with Crippen molar-refractivity contribution in [1.29, 1.82) is 0 Å². The number of rotatable bonds is 9. The largest absolute Gasteiger partial charge is 0.493 e. The van der Waals surface area contributed by atoms with Crippen molar-refractivity contribution < 1.29 is 19.4 Å². The minimum Gasteiger partial charge on any atom is -0.493 e. The normalized spacial score (nSPS) is 11.8. The number of nitrogens with one attached hydrogen (secondary N) is 1. The summed E-state index contributed by atoms with van der Waals surface area (Å²) in [5, 5.41) is 13.9. The lowest BCUT2D eigenvalue weighted by Crippen LogP contribution is -2.31. The molecule has 0 bridgehead atoms. The van der Waals surface area contributed by atoms with Crippen molar-refractivity contribution in [2.45, 2.75) is 19.6 Å². The Morgan fingerprint density at radius 1 is 1.20 bits per heavy atom. The Morgan fingerprint density at radius 2 is 1.92 bits per heavy atom. The van der Waals surface area contributed by atoms with Crippen LogP contribution in [0.15, 0.2) is 42.5 Å². The van der Waals surface area contributed by atoms with Gasteiger partial charge in [0.25, 0.3) is 0 Å². The standard InChI is InChI=1S/C19H22ClNO4/c1-13(22)15-5-8-18(19(9-15)24-2)25-12-17(23)11-21-10-14-3-6-16(20)7-4-14/h3-9,17,21,23H,10-12H2,1-2H3/t17-/m1/s1. The predicted molar refractivity (Wildman–Crippen MR) is 97.7 cm³/mol. The molecule has 25 heavy (non-hydrogen) atoms. The maximum atomic E-state index is 11.4. The Balaban J connectivity index is 1.80. The van der Waals surface area contributed by atoms with Crippen LogP contribution in [0, 0.1) is 0 Å². The average molecular weight is 364 g/mol. The second-order valence-electron chi connectivity index (χ2n) is 5.64. The van der Waals surface area contributed by atoms with Crippen molar-refractivity contribution >= 4 is 17.4 Å². The first-order valence-corrected chi connectivity index (χ1v) is 8.32. The van der Waals surface area contributed by atoms with Crippen LogP contribution >= 0.6 is 11.6 Å². The minimum atomic E-state index is -0.676. The molecule has 0 fully saturated rings. The van der Waals surface area contributed by atoms with E-state index < -0.39 is 6.10 Å². The first kappa shape index (κ1) is 19.2. The van der Waals surface area contributed by atoms with E-state index in [0.29, 0.717) is 35.2 Å². The highest BCUT2D eigenvalue weighted by molar-refractivity contribution is 6.30. The molecule has 0 heterocycles. The zero-order valence-electron chi connectivity index (χ0n) is 14.3. The third kappa shape index (κ3) is 6.05. The van der Waals surface area contributed by atoms with Gasteiger partial charge in [-0.3, -0.25) is 4.79 Å². The van der Waals surface area contributed by atoms with Crippen LogP contribution in [-0.2, 0) is 6.54 Å². The molecule has 2 N–H and O–H groups in total. The molecule has 2 aromatic rings. The van der Waals surface area contributed by atoms with Gasteiger partial charge in [-0.05, 0) is 42.8 Å². The van der Waals surface area contributed by atoms with Crippen molar-refractivity contribution in [3.05, 3.63) is 58.6 Å². The summed E-state index contributed by atoms with van der Waals surface area (Å²) < 4.78 is 10.8. The van der Waals surface area contributed by atoms with E-state index in [9.17, 15) is 9.90 Å². The highest BCUT2D eigenvalue weighted by atomic mass is 35.5. The van der Waals surface area contributed by atoms with Crippen LogP contribution in [0.25, 0.3) is 0 Å². The zero-order valence-corrected chi connectivity index (χ0v) is 15.0. The number of hydrogen-bond donors (Lipinski definition) is 2. The van der Waals surface area contributed by atoms with Crippen molar-refractivity contribution in [3.8, 4) is 11.5 Å². The lowest BCUT2D eigenvalue weighted by Gasteiger charge is -2.15. The molecule has 0 aliphatic heterocycles. The first-order chi connectivity index (χ1) is 12.0. The Hall–Kier alpha value is -2.08. The SMILES string of the molecule is COc1cc(C(C)=O)ccc1OC[C@H](O)CNCc1ccc(Cl)cc1. The van der Waals surface area contributed by atoms with E-state index >= 15 is 0 Å². The molecule has 134 valence electrons. The fourth-order valence-corrected chi connectivity index (χ4v) is 2.36. The molecule has 0 aliphatic carbocycles. The molecule has 1 atom stereocenters. The molecule has 0 aliphatic rings. The summed E-state index contributed by atoms with van der Waals surface area (Å²) in [6.07, 6.45) is -0.676. The molecule has 6 heteroatoms. The molecule has 2 aromatic carbocycles. The van der Waals surface area contributed by atoms with E-state index in [2.05, 4.69) is 5.32 Å². The number of methoxy groups -OCH3 is 1. The molecule has 0 amide bonds. The number of halogens is 1. The number of aliphatic hydroxyl groups excluding tert-OH is 1. The summed E-state index contributed by atoms with van der Waals surface area (Å²) in [5.41, 5.74) is 1.63. The fraction of sp³-hybridized carbons (Fsp3) is 0.316. The average Bonchev–Trinajstić information content (AvgIpc) is 2.61. The first-order valence-electron chi connectivity index (χ1n) is 7.94. The Bertz CT molecular complexity index is 703. The fourth-order valence-electron chi connectivity index (χ4n) is 2.24. The molecule has 5 nitrogen and oxygen atoms in total. The lowest BCUT2D eigenvalue weighted by molar-refractivity contribution is 0.101. The Morgan fingerprint density at radius 3 is 2.56 bits per heavy atom. The molecule has 0 unspecified atom stereocenters. The van der Waals surface area contributed by atoms with Gasteiger partial charge in [-0.2, -0.15) is 0 Å². The smallest absolute Gasteiger partial charge is 0.161 e. The Labute approximate surface area is 152 Å². The summed E-state index contributed by atoms with van der Waals surface area (Å²) in [7, 11) is 1.51. The number of ketones is 1. The molecule has 0 radical (unpaired) electrons. The highest BCUT2D eigenvalue weighted by Gasteiger charge is 2.11. The van der Waals surface area contributed by atoms with Gasteiger partial charge in [-0.1, -0.05) is 23.7 Å². The number of ether oxygens (including phenoxy) is 2. The number of aliphatic hydroxyl groups is 1. The van der Waals surface area contributed by atoms with Gasteiger partial charge < -0.3 is 19.9 Å². The monoisotopic (exact) mass is 363 g/mol. The number of carbonyl (C=O) groups excluding carboxylic acids is 1. The van der Waals surface area contributed by atoms with Crippen molar-refractivity contribution in [1.82, 2.24) is 5.32 Å². The topological polar surface area (TPSA) is 67.8 Å². The summed E-state index contributed by atoms with van der Waals surface area (Å²) >= 11 is 5.84. The molecule has 0 saturated heterocycles. The lowest BCUT2D eigenvalue weighted by atomic mass is 10.1. The van der Waals surface area contributed by atoms with Crippen LogP contribution < -0.4 is 14.8 Å². The van der Waals surface area contributed by atoms with Gasteiger partial charge in [0, 0.05) is 23.7 Å². The summed E-state index contributed by atoms with van der Waals surface area (Å²) in [5.74, 6) is 0.912. The van der Waals surface area contributed by atoms with Crippen LogP contribution in [0.5, 0.6) is 11.5 Å². The number of Topliss-reactive ketones (excluding diaryl/α,β-unsaturated/α-hetero) is 1. The van der Waals surface area contributed by atoms with Crippen LogP contribution in [0.2, 0.25) is 5.02 Å². The van der Waals surface area contributed by atoms with Gasteiger partial charge in [-0.15, -0.1) is 0 Å². The van der Waals surface area contributed by atoms with Crippen LogP contribution in [-0.4, -0.2) is 37.3 Å². The van der Waals surface area contributed by atoms with Gasteiger partial charge in [-0.25, -0.2) is 0 Å². The number of hydrogen-bond acceptors (Lipinski definition) is 5. The molecule has 0 saturated carbocycles. The summed E-state index contributed by atoms with van der Waals surface area (Å²) in [6.45, 7) is 2.62. The quantitative estimate of drug-likeness (QED) is 0.670. The predicted octanol–water partition coefficient (Wildman–Crippen LogP) is 3.08. The number of benzene rings is 2. The van der Waals surface area contributed by atoms with Gasteiger partial charge in [0.1, 0.15) is 12.7 Å². The van der Waals surface area contributed by atoms with Gasteiger partial charge in [0.2, 0.25) is 0 Å². The van der Waals surface area contributed by atoms with Crippen LogP contribution in [0.4, 0.5) is 0 Å². The second-order valence-corrected chi connectivity index (χ2v) is 6.08. The van der Waals surface area contributed by atoms with E-state index in [-0.39, 0.29) is 12.4 Å². The van der Waals surface area contributed by atoms with E-state index in [4.69, 9.17) is 21.1 Å². The molecular weight excluding hydrogens is 342 g/mol. The van der Waals surface area contributed by atoms with E-state index in [0.717, 1.165) is 5.56 Å².